The van der Waals surface area contributed by atoms with Crippen LogP contribution >= 0.6 is 0 Å². The van der Waals surface area contributed by atoms with Gasteiger partial charge in [0.15, 0.2) is 5.65 Å². The smallest absolute Gasteiger partial charge is 0.497 e. The lowest BCUT2D eigenvalue weighted by Crippen LogP contribution is -2.41. The number of ether oxygens (including phenoxy) is 1. The third-order valence-electron chi connectivity index (χ3n) is 5.69. The summed E-state index contributed by atoms with van der Waals surface area (Å²) in [6.07, 6.45) is 3.11. The van der Waals surface area contributed by atoms with E-state index in [1.165, 1.54) is 23.2 Å². The number of fused-ring (bicyclic) bond motifs is 1. The molecule has 1 aromatic carbocycles. The van der Waals surface area contributed by atoms with Crippen LogP contribution < -0.4 is 10.2 Å². The molecule has 0 N–H and O–H groups in total. The molecule has 0 saturated carbocycles. The molecule has 1 aliphatic heterocycles. The van der Waals surface area contributed by atoms with Gasteiger partial charge in [0.1, 0.15) is 5.75 Å². The van der Waals surface area contributed by atoms with Gasteiger partial charge in [-0.15, -0.1) is 0 Å². The normalized spacial score (nSPS) is 18.3. The van der Waals surface area contributed by atoms with Crippen LogP contribution in [0, 0.1) is 0 Å². The molecule has 0 bridgehead atoms. The third kappa shape index (κ3) is 3.13. The first-order valence-electron chi connectivity index (χ1n) is 9.28. The third-order valence-corrected chi connectivity index (χ3v) is 7.35. The summed E-state index contributed by atoms with van der Waals surface area (Å²) in [6.45, 7) is 7.83. The Hall–Kier alpha value is -2.36. The van der Waals surface area contributed by atoms with E-state index in [0.29, 0.717) is 22.2 Å². The van der Waals surface area contributed by atoms with Gasteiger partial charge in [-0.05, 0) is 64.1 Å². The van der Waals surface area contributed by atoms with Crippen molar-refractivity contribution in [2.75, 3.05) is 7.11 Å². The van der Waals surface area contributed by atoms with Crippen molar-refractivity contribution in [3.63, 3.8) is 0 Å². The number of hydrogen-bond acceptors (Lipinski definition) is 6. The summed E-state index contributed by atoms with van der Waals surface area (Å²) in [4.78, 5) is 4.46. The van der Waals surface area contributed by atoms with Crippen LogP contribution in [0.3, 0.4) is 0 Å². The Labute approximate surface area is 170 Å². The van der Waals surface area contributed by atoms with Crippen LogP contribution in [0.5, 0.6) is 5.75 Å². The van der Waals surface area contributed by atoms with Crippen LogP contribution in [0.15, 0.2) is 53.7 Å². The summed E-state index contributed by atoms with van der Waals surface area (Å²) in [6, 6.07) is 9.83. The first kappa shape index (κ1) is 19.9. The molecule has 1 saturated heterocycles. The molecule has 152 valence electrons. The van der Waals surface area contributed by atoms with Gasteiger partial charge in [-0.3, -0.25) is 0 Å². The Morgan fingerprint density at radius 1 is 1.03 bits per heavy atom. The molecule has 0 spiro atoms. The van der Waals surface area contributed by atoms with Crippen molar-refractivity contribution in [2.24, 2.45) is 0 Å². The molecule has 29 heavy (non-hydrogen) atoms. The molecule has 0 amide bonds. The van der Waals surface area contributed by atoms with Crippen LogP contribution in [0.1, 0.15) is 27.7 Å². The van der Waals surface area contributed by atoms with E-state index in [0.717, 1.165) is 0 Å². The predicted octanol–water partition coefficient (Wildman–Crippen LogP) is 2.58. The fourth-order valence-corrected chi connectivity index (χ4v) is 4.59. The maximum Gasteiger partial charge on any atom is 0.497 e. The molecule has 0 unspecified atom stereocenters. The number of nitrogens with zero attached hydrogens (tertiary/aromatic N) is 2. The van der Waals surface area contributed by atoms with Crippen molar-refractivity contribution in [3.8, 4) is 5.75 Å². The number of methoxy groups -OCH3 is 1. The van der Waals surface area contributed by atoms with E-state index in [1.54, 1.807) is 30.6 Å². The van der Waals surface area contributed by atoms with Crippen LogP contribution in [-0.4, -0.2) is 42.8 Å². The number of rotatable bonds is 4. The molecule has 0 radical (unpaired) electrons. The van der Waals surface area contributed by atoms with Gasteiger partial charge in [-0.25, -0.2) is 17.4 Å². The second-order valence-corrected chi connectivity index (χ2v) is 9.84. The van der Waals surface area contributed by atoms with Gasteiger partial charge in [-0.2, -0.15) is 0 Å². The molecule has 9 heteroatoms. The number of pyridine rings is 1. The SMILES string of the molecule is COc1ccc(S(=O)(=O)n2cc(B3OC(C)(C)C(C)(C)O3)c3cccnc32)cc1. The summed E-state index contributed by atoms with van der Waals surface area (Å²) in [5, 5.41) is 0.670. The Morgan fingerprint density at radius 2 is 1.66 bits per heavy atom. The average Bonchev–Trinajstić information content (AvgIpc) is 3.17. The van der Waals surface area contributed by atoms with Crippen molar-refractivity contribution in [3.05, 3.63) is 48.8 Å². The lowest BCUT2D eigenvalue weighted by molar-refractivity contribution is 0.00578. The summed E-state index contributed by atoms with van der Waals surface area (Å²) in [7, 11) is -3.03. The van der Waals surface area contributed by atoms with Crippen LogP contribution in [0.2, 0.25) is 0 Å². The maximum absolute atomic E-state index is 13.3. The van der Waals surface area contributed by atoms with Gasteiger partial charge in [0.25, 0.3) is 10.0 Å². The topological polar surface area (TPSA) is 79.7 Å². The van der Waals surface area contributed by atoms with Crippen LogP contribution in [-0.2, 0) is 19.3 Å². The Balaban J connectivity index is 1.85. The molecule has 1 aliphatic rings. The van der Waals surface area contributed by atoms with E-state index in [-0.39, 0.29) is 4.90 Å². The van der Waals surface area contributed by atoms with E-state index in [2.05, 4.69) is 4.98 Å². The fourth-order valence-electron chi connectivity index (χ4n) is 3.26. The number of benzene rings is 1. The second-order valence-electron chi connectivity index (χ2n) is 8.02. The van der Waals surface area contributed by atoms with Gasteiger partial charge in [0, 0.05) is 23.2 Å². The molecule has 1 fully saturated rings. The highest BCUT2D eigenvalue weighted by atomic mass is 32.2. The average molecular weight is 414 g/mol. The second kappa shape index (κ2) is 6.58. The summed E-state index contributed by atoms with van der Waals surface area (Å²) < 4.78 is 45.3. The molecule has 2 aromatic heterocycles. The zero-order valence-corrected chi connectivity index (χ0v) is 17.9. The van der Waals surface area contributed by atoms with Crippen molar-refractivity contribution in [1.82, 2.24) is 8.96 Å². The maximum atomic E-state index is 13.3. The number of hydrogen-bond donors (Lipinski definition) is 0. The van der Waals surface area contributed by atoms with Gasteiger partial charge in [0.05, 0.1) is 23.2 Å². The molecule has 3 aromatic rings. The minimum absolute atomic E-state index is 0.140. The predicted molar refractivity (Wildman–Crippen MR) is 111 cm³/mol. The Morgan fingerprint density at radius 3 is 2.24 bits per heavy atom. The standard InChI is InChI=1S/C20H23BN2O5S/c1-19(2)20(3,4)28-21(27-19)17-13-23(18-16(17)7-6-12-22-18)29(24,25)15-10-8-14(26-5)9-11-15/h6-13H,1-5H3. The fraction of sp³-hybridized carbons (Fsp3) is 0.350. The largest absolute Gasteiger partial charge is 0.497 e. The van der Waals surface area contributed by atoms with Gasteiger partial charge in [0.2, 0.25) is 0 Å². The minimum atomic E-state index is -3.87. The van der Waals surface area contributed by atoms with E-state index >= 15 is 0 Å². The van der Waals surface area contributed by atoms with Crippen LogP contribution in [0.4, 0.5) is 0 Å². The highest BCUT2D eigenvalue weighted by molar-refractivity contribution is 7.90. The Bertz CT molecular complexity index is 1150. The highest BCUT2D eigenvalue weighted by Crippen LogP contribution is 2.37. The van der Waals surface area contributed by atoms with Crippen molar-refractivity contribution in [2.45, 2.75) is 43.8 Å². The quantitative estimate of drug-likeness (QED) is 0.611. The van der Waals surface area contributed by atoms with E-state index in [1.807, 2.05) is 33.8 Å². The van der Waals surface area contributed by atoms with Crippen molar-refractivity contribution < 1.29 is 22.5 Å². The first-order chi connectivity index (χ1) is 13.6. The van der Waals surface area contributed by atoms with Gasteiger partial charge in [-0.1, -0.05) is 0 Å². The summed E-state index contributed by atoms with van der Waals surface area (Å²) in [5.74, 6) is 0.581. The lowest BCUT2D eigenvalue weighted by Gasteiger charge is -2.32. The molecule has 4 rings (SSSR count). The molecular formula is C20H23BN2O5S. The molecule has 3 heterocycles. The van der Waals surface area contributed by atoms with Crippen LogP contribution in [0.25, 0.3) is 11.0 Å². The van der Waals surface area contributed by atoms with E-state index in [9.17, 15) is 8.42 Å². The first-order valence-corrected chi connectivity index (χ1v) is 10.7. The molecule has 0 atom stereocenters. The van der Waals surface area contributed by atoms with E-state index in [4.69, 9.17) is 14.0 Å². The summed E-state index contributed by atoms with van der Waals surface area (Å²) in [5.41, 5.74) is -0.122. The molecule has 7 nitrogen and oxygen atoms in total. The zero-order valence-electron chi connectivity index (χ0n) is 17.0. The Kier molecular flexibility index (Phi) is 4.53. The van der Waals surface area contributed by atoms with Crippen molar-refractivity contribution in [1.29, 1.82) is 0 Å². The summed E-state index contributed by atoms with van der Waals surface area (Å²) >= 11 is 0. The van der Waals surface area contributed by atoms with Crippen molar-refractivity contribution >= 4 is 33.6 Å². The monoisotopic (exact) mass is 414 g/mol. The molecular weight excluding hydrogens is 391 g/mol. The molecule has 0 aliphatic carbocycles. The zero-order chi connectivity index (χ0) is 21.0. The van der Waals surface area contributed by atoms with Gasteiger partial charge < -0.3 is 14.0 Å². The van der Waals surface area contributed by atoms with E-state index < -0.39 is 28.3 Å². The lowest BCUT2D eigenvalue weighted by atomic mass is 9.79. The highest BCUT2D eigenvalue weighted by Gasteiger charge is 2.52. The number of aromatic nitrogens is 2. The van der Waals surface area contributed by atoms with Gasteiger partial charge >= 0.3 is 7.12 Å². The minimum Gasteiger partial charge on any atom is -0.497 e.